The van der Waals surface area contributed by atoms with E-state index in [1.807, 2.05) is 41.8 Å². The number of rotatable bonds is 6. The highest BCUT2D eigenvalue weighted by Crippen LogP contribution is 2.35. The van der Waals surface area contributed by atoms with E-state index in [0.717, 1.165) is 20.6 Å². The van der Waals surface area contributed by atoms with Crippen molar-refractivity contribution < 1.29 is 14.7 Å². The second kappa shape index (κ2) is 7.93. The lowest BCUT2D eigenvalue weighted by atomic mass is 10.0. The van der Waals surface area contributed by atoms with Crippen LogP contribution in [-0.2, 0) is 9.59 Å². The Balaban J connectivity index is 1.83. The summed E-state index contributed by atoms with van der Waals surface area (Å²) < 4.78 is 0.952. The molecule has 7 heteroatoms. The highest BCUT2D eigenvalue weighted by Gasteiger charge is 2.33. The largest absolute Gasteiger partial charge is 0.481 e. The molecule has 1 aliphatic rings. The van der Waals surface area contributed by atoms with Gasteiger partial charge in [0.05, 0.1) is 16.6 Å². The smallest absolute Gasteiger partial charge is 0.303 e. The van der Waals surface area contributed by atoms with Crippen molar-refractivity contribution in [1.29, 1.82) is 0 Å². The maximum atomic E-state index is 12.6. The molecule has 0 spiro atoms. The quantitative estimate of drug-likeness (QED) is 0.750. The Morgan fingerprint density at radius 1 is 1.28 bits per heavy atom. The molecule has 0 aliphatic carbocycles. The van der Waals surface area contributed by atoms with E-state index < -0.39 is 5.97 Å². The molecule has 1 aromatic carbocycles. The molecule has 1 unspecified atom stereocenters. The fraction of sp³-hybridized carbons (Fsp3) is 0.278. The maximum absolute atomic E-state index is 12.6. The summed E-state index contributed by atoms with van der Waals surface area (Å²) in [6.07, 6.45) is 1.14. The Kier molecular flexibility index (Phi) is 5.65. The minimum Gasteiger partial charge on any atom is -0.481 e. The number of carboxylic acid groups (broad SMARTS) is 1. The molecule has 130 valence electrons. The molecule has 3 rings (SSSR count). The number of carbonyl (C=O) groups excluding carboxylic acids is 1. The van der Waals surface area contributed by atoms with Crippen molar-refractivity contribution in [3.8, 4) is 0 Å². The number of aliphatic carboxylic acids is 1. The highest BCUT2D eigenvalue weighted by molar-refractivity contribution is 9.10. The molecule has 5 nitrogen and oxygen atoms in total. The first-order chi connectivity index (χ1) is 12.0. The van der Waals surface area contributed by atoms with Crippen LogP contribution in [0, 0.1) is 0 Å². The zero-order valence-corrected chi connectivity index (χ0v) is 15.8. The van der Waals surface area contributed by atoms with Crippen LogP contribution in [0.5, 0.6) is 0 Å². The zero-order chi connectivity index (χ0) is 17.8. The molecule has 1 N–H and O–H groups in total. The van der Waals surface area contributed by atoms with Gasteiger partial charge < -0.3 is 5.11 Å². The van der Waals surface area contributed by atoms with Gasteiger partial charge in [-0.25, -0.2) is 5.01 Å². The first kappa shape index (κ1) is 17.8. The lowest BCUT2D eigenvalue weighted by Gasteiger charge is -2.22. The number of benzene rings is 1. The second-order valence-electron chi connectivity index (χ2n) is 5.78. The van der Waals surface area contributed by atoms with Crippen molar-refractivity contribution in [2.75, 3.05) is 0 Å². The van der Waals surface area contributed by atoms with Gasteiger partial charge >= 0.3 is 5.97 Å². The van der Waals surface area contributed by atoms with Crippen LogP contribution in [0.15, 0.2) is 51.4 Å². The summed E-state index contributed by atoms with van der Waals surface area (Å²) in [5.74, 6) is -1.03. The van der Waals surface area contributed by atoms with Crippen molar-refractivity contribution in [3.63, 3.8) is 0 Å². The average Bonchev–Trinajstić information content (AvgIpc) is 3.24. The van der Waals surface area contributed by atoms with E-state index in [9.17, 15) is 9.59 Å². The SMILES string of the molecule is O=C(O)CCCC(=O)N1N=C(c2cccs2)CC1c1cccc(Br)c1. The van der Waals surface area contributed by atoms with Crippen molar-refractivity contribution >= 4 is 44.9 Å². The molecule has 2 aromatic rings. The second-order valence-corrected chi connectivity index (χ2v) is 7.65. The predicted molar refractivity (Wildman–Crippen MR) is 101 cm³/mol. The zero-order valence-electron chi connectivity index (χ0n) is 13.4. The van der Waals surface area contributed by atoms with Crippen LogP contribution in [0.25, 0.3) is 0 Å². The van der Waals surface area contributed by atoms with Crippen LogP contribution in [0.1, 0.15) is 42.2 Å². The Morgan fingerprint density at radius 3 is 2.80 bits per heavy atom. The average molecular weight is 421 g/mol. The van der Waals surface area contributed by atoms with Crippen LogP contribution < -0.4 is 0 Å². The number of carbonyl (C=O) groups is 2. The van der Waals surface area contributed by atoms with E-state index in [0.29, 0.717) is 12.8 Å². The molecule has 0 bridgehead atoms. The molecule has 0 radical (unpaired) electrons. The molecule has 0 fully saturated rings. The molecular weight excluding hydrogens is 404 g/mol. The van der Waals surface area contributed by atoms with Crippen molar-refractivity contribution in [2.45, 2.75) is 31.7 Å². The summed E-state index contributed by atoms with van der Waals surface area (Å²) >= 11 is 5.07. The summed E-state index contributed by atoms with van der Waals surface area (Å²) in [4.78, 5) is 24.4. The van der Waals surface area contributed by atoms with Gasteiger partial charge in [-0.2, -0.15) is 5.10 Å². The van der Waals surface area contributed by atoms with Crippen molar-refractivity contribution in [3.05, 3.63) is 56.7 Å². The van der Waals surface area contributed by atoms with Gasteiger partial charge in [0, 0.05) is 23.7 Å². The molecule has 0 saturated carbocycles. The maximum Gasteiger partial charge on any atom is 0.303 e. The number of nitrogens with zero attached hydrogens (tertiary/aromatic N) is 2. The number of halogens is 1. The summed E-state index contributed by atoms with van der Waals surface area (Å²) in [7, 11) is 0. The molecule has 25 heavy (non-hydrogen) atoms. The van der Waals surface area contributed by atoms with Gasteiger partial charge in [0.1, 0.15) is 0 Å². The predicted octanol–water partition coefficient (Wildman–Crippen LogP) is 4.44. The molecule has 1 amide bonds. The van der Waals surface area contributed by atoms with Gasteiger partial charge in [-0.1, -0.05) is 34.1 Å². The van der Waals surface area contributed by atoms with E-state index in [-0.39, 0.29) is 24.8 Å². The van der Waals surface area contributed by atoms with Crippen LogP contribution >= 0.6 is 27.3 Å². The molecule has 0 saturated heterocycles. The van der Waals surface area contributed by atoms with Gasteiger partial charge in [-0.15, -0.1) is 11.3 Å². The van der Waals surface area contributed by atoms with E-state index in [4.69, 9.17) is 5.11 Å². The van der Waals surface area contributed by atoms with Gasteiger partial charge in [0.25, 0.3) is 0 Å². The Labute approximate surface area is 158 Å². The van der Waals surface area contributed by atoms with Crippen LogP contribution in [0.3, 0.4) is 0 Å². The van der Waals surface area contributed by atoms with Gasteiger partial charge in [-0.05, 0) is 35.6 Å². The van der Waals surface area contributed by atoms with Crippen LogP contribution in [0.2, 0.25) is 0 Å². The monoisotopic (exact) mass is 420 g/mol. The third-order valence-corrected chi connectivity index (χ3v) is 5.40. The lowest BCUT2D eigenvalue weighted by molar-refractivity contribution is -0.137. The number of hydrazone groups is 1. The minimum absolute atomic E-state index is 0.0113. The number of hydrogen-bond acceptors (Lipinski definition) is 4. The normalized spacial score (nSPS) is 16.8. The van der Waals surface area contributed by atoms with Gasteiger partial charge in [-0.3, -0.25) is 9.59 Å². The lowest BCUT2D eigenvalue weighted by Crippen LogP contribution is -2.27. The summed E-state index contributed by atoms with van der Waals surface area (Å²) in [5.41, 5.74) is 1.91. The Hall–Kier alpha value is -1.99. The van der Waals surface area contributed by atoms with Crippen molar-refractivity contribution in [1.82, 2.24) is 5.01 Å². The van der Waals surface area contributed by atoms with Gasteiger partial charge in [0.2, 0.25) is 5.91 Å². The molecule has 1 aliphatic heterocycles. The Morgan fingerprint density at radius 2 is 2.12 bits per heavy atom. The first-order valence-electron chi connectivity index (χ1n) is 7.95. The summed E-state index contributed by atoms with van der Waals surface area (Å²) in [6, 6.07) is 11.7. The fourth-order valence-corrected chi connectivity index (χ4v) is 3.95. The number of amides is 1. The summed E-state index contributed by atoms with van der Waals surface area (Å²) in [6.45, 7) is 0. The minimum atomic E-state index is -0.888. The highest BCUT2D eigenvalue weighted by atomic mass is 79.9. The Bertz CT molecular complexity index is 804. The van der Waals surface area contributed by atoms with Gasteiger partial charge in [0.15, 0.2) is 0 Å². The topological polar surface area (TPSA) is 70.0 Å². The van der Waals surface area contributed by atoms with E-state index >= 15 is 0 Å². The number of hydrogen-bond donors (Lipinski definition) is 1. The molecule has 1 aromatic heterocycles. The van der Waals surface area contributed by atoms with Crippen LogP contribution in [0.4, 0.5) is 0 Å². The van der Waals surface area contributed by atoms with E-state index in [1.54, 1.807) is 11.3 Å². The third kappa shape index (κ3) is 4.35. The molecular formula is C18H17BrN2O3S. The standard InChI is InChI=1S/C18H17BrN2O3S/c19-13-5-1-4-12(10-13)15-11-14(16-6-3-9-25-16)20-21(15)17(22)7-2-8-18(23)24/h1,3-6,9-10,15H,2,7-8,11H2,(H,23,24). The van der Waals surface area contributed by atoms with E-state index in [2.05, 4.69) is 21.0 Å². The number of carboxylic acids is 1. The van der Waals surface area contributed by atoms with Crippen LogP contribution in [-0.4, -0.2) is 27.7 Å². The van der Waals surface area contributed by atoms with Crippen molar-refractivity contribution in [2.24, 2.45) is 5.10 Å². The molecule has 2 heterocycles. The summed E-state index contributed by atoms with van der Waals surface area (Å²) in [5, 5.41) is 16.8. The number of thiophene rings is 1. The first-order valence-corrected chi connectivity index (χ1v) is 9.62. The molecule has 1 atom stereocenters. The van der Waals surface area contributed by atoms with E-state index in [1.165, 1.54) is 5.01 Å². The fourth-order valence-electron chi connectivity index (χ4n) is 2.81. The third-order valence-electron chi connectivity index (χ3n) is 3.99.